The number of carbonyl (C=O) groups is 2. The van der Waals surface area contributed by atoms with E-state index in [-0.39, 0.29) is 23.9 Å². The molecule has 7 heteroatoms. The molecule has 2 aromatic heterocycles. The van der Waals surface area contributed by atoms with Crippen LogP contribution < -0.4 is 10.6 Å². The van der Waals surface area contributed by atoms with Crippen molar-refractivity contribution in [1.29, 1.82) is 0 Å². The molecule has 2 rings (SSSR count). The Balaban J connectivity index is 1.57. The molecule has 0 radical (unpaired) electrons. The zero-order valence-corrected chi connectivity index (χ0v) is 16.5. The van der Waals surface area contributed by atoms with Crippen LogP contribution in [0.2, 0.25) is 0 Å². The van der Waals surface area contributed by atoms with E-state index in [1.807, 2.05) is 38.1 Å². The lowest BCUT2D eigenvalue weighted by atomic mass is 10.1. The second-order valence-electron chi connectivity index (χ2n) is 6.25. The first-order chi connectivity index (χ1) is 13.1. The third kappa shape index (κ3) is 7.78. The van der Waals surface area contributed by atoms with Gasteiger partial charge in [0.2, 0.25) is 11.8 Å². The van der Waals surface area contributed by atoms with Crippen molar-refractivity contribution in [1.82, 2.24) is 20.6 Å². The summed E-state index contributed by atoms with van der Waals surface area (Å²) in [5, 5.41) is 5.95. The maximum atomic E-state index is 12.0. The van der Waals surface area contributed by atoms with E-state index in [1.54, 1.807) is 36.5 Å². The van der Waals surface area contributed by atoms with Crippen LogP contribution in [-0.2, 0) is 9.59 Å². The third-order valence-electron chi connectivity index (χ3n) is 4.11. The predicted molar refractivity (Wildman–Crippen MR) is 108 cm³/mol. The molecule has 2 atom stereocenters. The molecule has 0 aliphatic rings. The monoisotopic (exact) mass is 386 g/mol. The van der Waals surface area contributed by atoms with Crippen LogP contribution in [0.4, 0.5) is 0 Å². The lowest BCUT2D eigenvalue weighted by Crippen LogP contribution is -2.27. The summed E-state index contributed by atoms with van der Waals surface area (Å²) in [7, 11) is 0. The maximum Gasteiger partial charge on any atom is 0.221 e. The molecule has 144 valence electrons. The van der Waals surface area contributed by atoms with Crippen LogP contribution in [0.15, 0.2) is 49.1 Å². The minimum atomic E-state index is -0.0362. The zero-order chi connectivity index (χ0) is 19.5. The lowest BCUT2D eigenvalue weighted by molar-refractivity contribution is -0.122. The summed E-state index contributed by atoms with van der Waals surface area (Å²) in [5.74, 6) is 1.43. The number of nitrogens with zero attached hydrogens (tertiary/aromatic N) is 2. The summed E-state index contributed by atoms with van der Waals surface area (Å²) >= 11 is 1.61. The van der Waals surface area contributed by atoms with Gasteiger partial charge in [-0.1, -0.05) is 0 Å². The van der Waals surface area contributed by atoms with Gasteiger partial charge < -0.3 is 10.6 Å². The normalized spacial score (nSPS) is 12.8. The van der Waals surface area contributed by atoms with Gasteiger partial charge in [0.25, 0.3) is 0 Å². The fourth-order valence-electron chi connectivity index (χ4n) is 2.53. The largest absolute Gasteiger partial charge is 0.350 e. The Labute approximate surface area is 164 Å². The van der Waals surface area contributed by atoms with Crippen LogP contribution in [0.5, 0.6) is 0 Å². The van der Waals surface area contributed by atoms with Crippen LogP contribution >= 0.6 is 11.8 Å². The highest BCUT2D eigenvalue weighted by Crippen LogP contribution is 2.13. The average Bonchev–Trinajstić information content (AvgIpc) is 2.69. The van der Waals surface area contributed by atoms with Crippen molar-refractivity contribution >= 4 is 23.6 Å². The SMILES string of the molecule is CC(NC(=O)CCSCCC(=O)NC(C)c1ccncc1)c1ccncc1. The van der Waals surface area contributed by atoms with E-state index in [9.17, 15) is 9.59 Å². The third-order valence-corrected chi connectivity index (χ3v) is 5.10. The van der Waals surface area contributed by atoms with Gasteiger partial charge in [0, 0.05) is 49.1 Å². The topological polar surface area (TPSA) is 84.0 Å². The van der Waals surface area contributed by atoms with Crippen LogP contribution in [-0.4, -0.2) is 33.3 Å². The summed E-state index contributed by atoms with van der Waals surface area (Å²) in [6.07, 6.45) is 7.75. The molecule has 2 aromatic rings. The van der Waals surface area contributed by atoms with Gasteiger partial charge in [-0.3, -0.25) is 19.6 Å². The quantitative estimate of drug-likeness (QED) is 0.613. The standard InChI is InChI=1S/C20H26N4O2S/c1-15(17-3-9-21-10-4-17)23-19(25)7-13-27-14-8-20(26)24-16(2)18-5-11-22-12-6-18/h3-6,9-12,15-16H,7-8,13-14H2,1-2H3,(H,23,25)(H,24,26). The number of hydrogen-bond donors (Lipinski definition) is 2. The van der Waals surface area contributed by atoms with Crippen LogP contribution in [0.3, 0.4) is 0 Å². The minimum absolute atomic E-state index is 0.0163. The van der Waals surface area contributed by atoms with Gasteiger partial charge in [-0.15, -0.1) is 0 Å². The number of aromatic nitrogens is 2. The van der Waals surface area contributed by atoms with Crippen molar-refractivity contribution < 1.29 is 9.59 Å². The summed E-state index contributed by atoms with van der Waals surface area (Å²) in [6, 6.07) is 7.50. The molecule has 2 unspecified atom stereocenters. The molecular formula is C20H26N4O2S. The van der Waals surface area contributed by atoms with E-state index >= 15 is 0 Å². The molecular weight excluding hydrogens is 360 g/mol. The molecule has 6 nitrogen and oxygen atoms in total. The van der Waals surface area contributed by atoms with E-state index in [0.29, 0.717) is 24.3 Å². The Hall–Kier alpha value is -2.41. The Morgan fingerprint density at radius 2 is 1.19 bits per heavy atom. The van der Waals surface area contributed by atoms with Crippen molar-refractivity contribution in [2.45, 2.75) is 38.8 Å². The first-order valence-corrected chi connectivity index (χ1v) is 10.2. The summed E-state index contributed by atoms with van der Waals surface area (Å²) < 4.78 is 0. The van der Waals surface area contributed by atoms with Gasteiger partial charge in [-0.2, -0.15) is 11.8 Å². The molecule has 2 amide bonds. The number of pyridine rings is 2. The Bertz CT molecular complexity index is 651. The number of amides is 2. The minimum Gasteiger partial charge on any atom is -0.350 e. The molecule has 0 saturated heterocycles. The van der Waals surface area contributed by atoms with Gasteiger partial charge in [0.1, 0.15) is 0 Å². The summed E-state index contributed by atoms with van der Waals surface area (Å²) in [6.45, 7) is 3.91. The number of rotatable bonds is 10. The Kier molecular flexibility index (Phi) is 8.77. The maximum absolute atomic E-state index is 12.0. The number of hydrogen-bond acceptors (Lipinski definition) is 5. The van der Waals surface area contributed by atoms with Gasteiger partial charge in [-0.25, -0.2) is 0 Å². The summed E-state index contributed by atoms with van der Waals surface area (Å²) in [4.78, 5) is 32.0. The molecule has 0 aliphatic heterocycles. The molecule has 0 spiro atoms. The van der Waals surface area contributed by atoms with Crippen molar-refractivity contribution in [2.24, 2.45) is 0 Å². The van der Waals surface area contributed by atoms with Crippen molar-refractivity contribution in [3.63, 3.8) is 0 Å². The highest BCUT2D eigenvalue weighted by atomic mass is 32.2. The second-order valence-corrected chi connectivity index (χ2v) is 7.48. The van der Waals surface area contributed by atoms with E-state index in [2.05, 4.69) is 20.6 Å². The van der Waals surface area contributed by atoms with E-state index in [4.69, 9.17) is 0 Å². The Morgan fingerprint density at radius 1 is 0.815 bits per heavy atom. The summed E-state index contributed by atoms with van der Waals surface area (Å²) in [5.41, 5.74) is 2.07. The van der Waals surface area contributed by atoms with Crippen LogP contribution in [0, 0.1) is 0 Å². The second kappa shape index (κ2) is 11.3. The van der Waals surface area contributed by atoms with Crippen LogP contribution in [0.1, 0.15) is 49.9 Å². The van der Waals surface area contributed by atoms with Crippen molar-refractivity contribution in [3.05, 3.63) is 60.2 Å². The zero-order valence-electron chi connectivity index (χ0n) is 15.7. The first-order valence-electron chi connectivity index (χ1n) is 9.02. The van der Waals surface area contributed by atoms with Gasteiger partial charge in [0.15, 0.2) is 0 Å². The smallest absolute Gasteiger partial charge is 0.221 e. The molecule has 27 heavy (non-hydrogen) atoms. The van der Waals surface area contributed by atoms with Crippen LogP contribution in [0.25, 0.3) is 0 Å². The Morgan fingerprint density at radius 3 is 1.56 bits per heavy atom. The average molecular weight is 387 g/mol. The first kappa shape index (κ1) is 20.9. The van der Waals surface area contributed by atoms with Gasteiger partial charge in [0.05, 0.1) is 12.1 Å². The highest BCUT2D eigenvalue weighted by molar-refractivity contribution is 7.99. The van der Waals surface area contributed by atoms with Crippen molar-refractivity contribution in [2.75, 3.05) is 11.5 Å². The van der Waals surface area contributed by atoms with Gasteiger partial charge >= 0.3 is 0 Å². The number of carbonyl (C=O) groups excluding carboxylic acids is 2. The molecule has 0 bridgehead atoms. The van der Waals surface area contributed by atoms with E-state index in [1.165, 1.54) is 0 Å². The molecule has 2 N–H and O–H groups in total. The number of thioether (sulfide) groups is 1. The molecule has 2 heterocycles. The predicted octanol–water partition coefficient (Wildman–Crippen LogP) is 3.04. The molecule has 0 fully saturated rings. The number of nitrogens with one attached hydrogen (secondary N) is 2. The van der Waals surface area contributed by atoms with E-state index in [0.717, 1.165) is 11.1 Å². The lowest BCUT2D eigenvalue weighted by Gasteiger charge is -2.14. The van der Waals surface area contributed by atoms with Crippen molar-refractivity contribution in [3.8, 4) is 0 Å². The van der Waals surface area contributed by atoms with Gasteiger partial charge in [-0.05, 0) is 49.2 Å². The molecule has 0 aliphatic carbocycles. The molecule has 0 saturated carbocycles. The molecule has 0 aromatic carbocycles. The fourth-order valence-corrected chi connectivity index (χ4v) is 3.39. The highest BCUT2D eigenvalue weighted by Gasteiger charge is 2.11. The fraction of sp³-hybridized carbons (Fsp3) is 0.400. The van der Waals surface area contributed by atoms with E-state index < -0.39 is 0 Å².